The fraction of sp³-hybridized carbons (Fsp3) is 0.556. The standard InChI is InChI=1S/C18H25N7O2/c1-13-10-19-21-18(13)14-5-7-24(8-6-14)17(26)11-27-16-4-2-3-15(9-16)25-12-20-22-23-25/h2-4,9,12-14,18-19,21H,5-8,10-11H2,1H3. The number of ether oxygens (including phenoxy) is 1. The highest BCUT2D eigenvalue weighted by Gasteiger charge is 2.33. The molecule has 144 valence electrons. The first-order valence-electron chi connectivity index (χ1n) is 9.43. The number of aromatic nitrogens is 4. The lowest BCUT2D eigenvalue weighted by Gasteiger charge is -2.35. The Bertz CT molecular complexity index is 759. The first-order chi connectivity index (χ1) is 13.2. The summed E-state index contributed by atoms with van der Waals surface area (Å²) in [6.07, 6.45) is 3.58. The molecule has 3 heterocycles. The van der Waals surface area contributed by atoms with E-state index in [0.717, 1.165) is 38.2 Å². The highest BCUT2D eigenvalue weighted by molar-refractivity contribution is 5.77. The lowest BCUT2D eigenvalue weighted by atomic mass is 9.84. The van der Waals surface area contributed by atoms with Gasteiger partial charge in [0.25, 0.3) is 5.91 Å². The Morgan fingerprint density at radius 1 is 1.33 bits per heavy atom. The Kier molecular flexibility index (Phi) is 5.30. The highest BCUT2D eigenvalue weighted by Crippen LogP contribution is 2.26. The fourth-order valence-electron chi connectivity index (χ4n) is 3.93. The Balaban J connectivity index is 1.27. The zero-order valence-electron chi connectivity index (χ0n) is 15.4. The number of tetrazole rings is 1. The second kappa shape index (κ2) is 8.01. The van der Waals surface area contributed by atoms with E-state index in [9.17, 15) is 4.79 Å². The van der Waals surface area contributed by atoms with E-state index in [4.69, 9.17) is 4.74 Å². The number of hydrogen-bond donors (Lipinski definition) is 2. The van der Waals surface area contributed by atoms with Crippen molar-refractivity contribution < 1.29 is 9.53 Å². The zero-order valence-corrected chi connectivity index (χ0v) is 15.4. The van der Waals surface area contributed by atoms with Crippen molar-refractivity contribution in [1.29, 1.82) is 0 Å². The summed E-state index contributed by atoms with van der Waals surface area (Å²) in [5, 5.41) is 11.1. The maximum atomic E-state index is 12.5. The number of nitrogens with one attached hydrogen (secondary N) is 2. The van der Waals surface area contributed by atoms with Crippen molar-refractivity contribution >= 4 is 5.91 Å². The largest absolute Gasteiger partial charge is 0.484 e. The van der Waals surface area contributed by atoms with Crippen LogP contribution in [-0.4, -0.2) is 63.3 Å². The van der Waals surface area contributed by atoms with Gasteiger partial charge >= 0.3 is 0 Å². The molecule has 2 fully saturated rings. The molecule has 27 heavy (non-hydrogen) atoms. The van der Waals surface area contributed by atoms with Gasteiger partial charge in [-0.1, -0.05) is 13.0 Å². The molecule has 9 nitrogen and oxygen atoms in total. The molecule has 4 rings (SSSR count). The van der Waals surface area contributed by atoms with Crippen LogP contribution in [0.5, 0.6) is 5.75 Å². The molecule has 0 aliphatic carbocycles. The monoisotopic (exact) mass is 371 g/mol. The summed E-state index contributed by atoms with van der Waals surface area (Å²) in [4.78, 5) is 14.4. The third-order valence-corrected chi connectivity index (χ3v) is 5.50. The predicted octanol–water partition coefficient (Wildman–Crippen LogP) is 0.392. The topological polar surface area (TPSA) is 97.2 Å². The molecule has 2 atom stereocenters. The van der Waals surface area contributed by atoms with Crippen molar-refractivity contribution in [2.75, 3.05) is 26.2 Å². The van der Waals surface area contributed by atoms with Gasteiger partial charge in [-0.15, -0.1) is 5.10 Å². The molecule has 2 N–H and O–H groups in total. The van der Waals surface area contributed by atoms with Crippen molar-refractivity contribution in [3.05, 3.63) is 30.6 Å². The summed E-state index contributed by atoms with van der Waals surface area (Å²) in [5.74, 6) is 1.91. The summed E-state index contributed by atoms with van der Waals surface area (Å²) in [6.45, 7) is 4.92. The van der Waals surface area contributed by atoms with Crippen molar-refractivity contribution in [3.8, 4) is 11.4 Å². The molecule has 2 aromatic rings. The molecule has 9 heteroatoms. The van der Waals surface area contributed by atoms with Crippen molar-refractivity contribution in [2.24, 2.45) is 11.8 Å². The van der Waals surface area contributed by atoms with E-state index in [-0.39, 0.29) is 12.5 Å². The van der Waals surface area contributed by atoms with Gasteiger partial charge in [0.05, 0.1) is 5.69 Å². The predicted molar refractivity (Wildman–Crippen MR) is 98.0 cm³/mol. The third-order valence-electron chi connectivity index (χ3n) is 5.50. The summed E-state index contributed by atoms with van der Waals surface area (Å²) in [7, 11) is 0. The number of amides is 1. The SMILES string of the molecule is CC1CNNC1C1CCN(C(=O)COc2cccc(-n3cnnn3)c2)CC1. The lowest BCUT2D eigenvalue weighted by molar-refractivity contribution is -0.134. The van der Waals surface area contributed by atoms with Crippen molar-refractivity contribution in [2.45, 2.75) is 25.8 Å². The number of piperidine rings is 1. The number of hydrogen-bond acceptors (Lipinski definition) is 7. The number of nitrogens with zero attached hydrogens (tertiary/aromatic N) is 5. The van der Waals surface area contributed by atoms with Gasteiger partial charge in [0.2, 0.25) is 0 Å². The minimum atomic E-state index is 0.0341. The average Bonchev–Trinajstić information content (AvgIpc) is 3.38. The van der Waals surface area contributed by atoms with E-state index in [1.54, 1.807) is 4.68 Å². The van der Waals surface area contributed by atoms with Gasteiger partial charge in [-0.3, -0.25) is 15.6 Å². The van der Waals surface area contributed by atoms with Crippen LogP contribution in [0.25, 0.3) is 5.69 Å². The number of likely N-dealkylation sites (tertiary alicyclic amines) is 1. The number of rotatable bonds is 5. The van der Waals surface area contributed by atoms with Crippen molar-refractivity contribution in [1.82, 2.24) is 36.0 Å². The van der Waals surface area contributed by atoms with Crippen LogP contribution < -0.4 is 15.6 Å². The minimum absolute atomic E-state index is 0.0341. The van der Waals surface area contributed by atoms with E-state index >= 15 is 0 Å². The molecular formula is C18H25N7O2. The van der Waals surface area contributed by atoms with E-state index in [0.29, 0.717) is 23.6 Å². The van der Waals surface area contributed by atoms with Crippen LogP contribution in [0.2, 0.25) is 0 Å². The smallest absolute Gasteiger partial charge is 0.260 e. The van der Waals surface area contributed by atoms with Gasteiger partial charge in [-0.05, 0) is 47.2 Å². The normalized spacial score (nSPS) is 23.5. The molecule has 2 unspecified atom stereocenters. The van der Waals surface area contributed by atoms with Gasteiger partial charge in [0.1, 0.15) is 12.1 Å². The van der Waals surface area contributed by atoms with Gasteiger partial charge in [-0.25, -0.2) is 4.68 Å². The molecule has 2 saturated heterocycles. The Hall–Kier alpha value is -2.52. The first-order valence-corrected chi connectivity index (χ1v) is 9.43. The Labute approximate surface area is 158 Å². The van der Waals surface area contributed by atoms with E-state index in [1.165, 1.54) is 6.33 Å². The second-order valence-corrected chi connectivity index (χ2v) is 7.29. The van der Waals surface area contributed by atoms with Gasteiger partial charge in [0, 0.05) is 31.7 Å². The summed E-state index contributed by atoms with van der Waals surface area (Å²) < 4.78 is 7.26. The molecule has 0 spiro atoms. The van der Waals surface area contributed by atoms with Crippen LogP contribution in [0.3, 0.4) is 0 Å². The Morgan fingerprint density at radius 3 is 2.89 bits per heavy atom. The average molecular weight is 371 g/mol. The van der Waals surface area contributed by atoms with Crippen LogP contribution in [-0.2, 0) is 4.79 Å². The van der Waals surface area contributed by atoms with E-state index < -0.39 is 0 Å². The first kappa shape index (κ1) is 17.9. The summed E-state index contributed by atoms with van der Waals surface area (Å²) in [6, 6.07) is 7.88. The summed E-state index contributed by atoms with van der Waals surface area (Å²) in [5.41, 5.74) is 7.42. The van der Waals surface area contributed by atoms with E-state index in [1.807, 2.05) is 29.2 Å². The van der Waals surface area contributed by atoms with Crippen LogP contribution in [0.4, 0.5) is 0 Å². The molecule has 0 bridgehead atoms. The fourth-order valence-corrected chi connectivity index (χ4v) is 3.93. The van der Waals surface area contributed by atoms with Crippen LogP contribution >= 0.6 is 0 Å². The van der Waals surface area contributed by atoms with Crippen molar-refractivity contribution in [3.63, 3.8) is 0 Å². The maximum absolute atomic E-state index is 12.5. The third kappa shape index (κ3) is 4.09. The number of hydrazine groups is 1. The molecular weight excluding hydrogens is 346 g/mol. The number of carbonyl (C=O) groups excluding carboxylic acids is 1. The molecule has 2 aliphatic heterocycles. The Morgan fingerprint density at radius 2 is 2.19 bits per heavy atom. The minimum Gasteiger partial charge on any atom is -0.484 e. The van der Waals surface area contributed by atoms with Crippen LogP contribution in [0.1, 0.15) is 19.8 Å². The molecule has 0 saturated carbocycles. The second-order valence-electron chi connectivity index (χ2n) is 7.29. The zero-order chi connectivity index (χ0) is 18.6. The van der Waals surface area contributed by atoms with Gasteiger partial charge in [-0.2, -0.15) is 0 Å². The van der Waals surface area contributed by atoms with Gasteiger partial charge < -0.3 is 9.64 Å². The molecule has 1 aromatic heterocycles. The molecule has 1 amide bonds. The molecule has 0 radical (unpaired) electrons. The maximum Gasteiger partial charge on any atom is 0.260 e. The highest BCUT2D eigenvalue weighted by atomic mass is 16.5. The molecule has 2 aliphatic rings. The molecule has 1 aromatic carbocycles. The lowest BCUT2D eigenvalue weighted by Crippen LogP contribution is -2.46. The van der Waals surface area contributed by atoms with Gasteiger partial charge in [0.15, 0.2) is 6.61 Å². The number of benzene rings is 1. The van der Waals surface area contributed by atoms with Crippen LogP contribution in [0, 0.1) is 11.8 Å². The number of carbonyl (C=O) groups is 1. The quantitative estimate of drug-likeness (QED) is 0.785. The van der Waals surface area contributed by atoms with E-state index in [2.05, 4.69) is 33.3 Å². The van der Waals surface area contributed by atoms with Crippen LogP contribution in [0.15, 0.2) is 30.6 Å². The summed E-state index contributed by atoms with van der Waals surface area (Å²) >= 11 is 0.